The quantitative estimate of drug-likeness (QED) is 0.836. The average Bonchev–Trinajstić information content (AvgIpc) is 2.15. The first-order valence-corrected chi connectivity index (χ1v) is 6.25. The Bertz CT molecular complexity index is 407. The predicted octanol–water partition coefficient (Wildman–Crippen LogP) is 1.99. The number of hydrogen-bond acceptors (Lipinski definition) is 3. The second kappa shape index (κ2) is 5.91. The van der Waals surface area contributed by atoms with E-state index in [-0.39, 0.29) is 11.9 Å². The molecule has 0 aliphatic rings. The van der Waals surface area contributed by atoms with Gasteiger partial charge < -0.3 is 16.0 Å². The van der Waals surface area contributed by atoms with Crippen LogP contribution in [0.5, 0.6) is 0 Å². The molecule has 1 rings (SSSR count). The molecule has 0 saturated heterocycles. The van der Waals surface area contributed by atoms with Crippen molar-refractivity contribution in [1.82, 2.24) is 5.32 Å². The lowest BCUT2D eigenvalue weighted by atomic mass is 10.2. The first kappa shape index (κ1) is 13.8. The highest BCUT2D eigenvalue weighted by atomic mass is 79.9. The highest BCUT2D eigenvalue weighted by Crippen LogP contribution is 2.27. The standard InChI is InChI=1S/C12H18BrN3O/c1-8(2)15-12(17)7-16(3)11-5-4-9(14)6-10(11)13/h4-6,8H,7,14H2,1-3H3,(H,15,17). The molecular formula is C12H18BrN3O. The molecule has 0 bridgehead atoms. The van der Waals surface area contributed by atoms with E-state index in [4.69, 9.17) is 5.73 Å². The Labute approximate surface area is 110 Å². The SMILES string of the molecule is CC(C)NC(=O)CN(C)c1ccc(N)cc1Br. The summed E-state index contributed by atoms with van der Waals surface area (Å²) in [6, 6.07) is 5.69. The van der Waals surface area contributed by atoms with Gasteiger partial charge in [0.05, 0.1) is 12.2 Å². The Kier molecular flexibility index (Phi) is 4.81. The average molecular weight is 300 g/mol. The lowest BCUT2D eigenvalue weighted by Gasteiger charge is -2.21. The molecule has 0 atom stereocenters. The molecule has 0 spiro atoms. The molecule has 0 aliphatic heterocycles. The molecule has 1 aromatic carbocycles. The van der Waals surface area contributed by atoms with E-state index in [1.165, 1.54) is 0 Å². The molecule has 17 heavy (non-hydrogen) atoms. The molecule has 4 nitrogen and oxygen atoms in total. The Hall–Kier alpha value is -1.23. The molecule has 1 aromatic rings. The molecule has 0 unspecified atom stereocenters. The summed E-state index contributed by atoms with van der Waals surface area (Å²) in [5.74, 6) is 0.00576. The van der Waals surface area contributed by atoms with Crippen molar-refractivity contribution in [2.24, 2.45) is 0 Å². The van der Waals surface area contributed by atoms with Crippen LogP contribution in [0.15, 0.2) is 22.7 Å². The van der Waals surface area contributed by atoms with Crippen molar-refractivity contribution >= 4 is 33.2 Å². The summed E-state index contributed by atoms with van der Waals surface area (Å²) in [4.78, 5) is 13.5. The van der Waals surface area contributed by atoms with Gasteiger partial charge in [-0.3, -0.25) is 4.79 Å². The van der Waals surface area contributed by atoms with Crippen molar-refractivity contribution in [2.45, 2.75) is 19.9 Å². The number of hydrogen-bond donors (Lipinski definition) is 2. The Balaban J connectivity index is 2.69. The number of nitrogens with two attached hydrogens (primary N) is 1. The fraction of sp³-hybridized carbons (Fsp3) is 0.417. The molecule has 0 aliphatic carbocycles. The van der Waals surface area contributed by atoms with Gasteiger partial charge in [-0.2, -0.15) is 0 Å². The van der Waals surface area contributed by atoms with Crippen LogP contribution in [0.1, 0.15) is 13.8 Å². The number of nitrogens with one attached hydrogen (secondary N) is 1. The largest absolute Gasteiger partial charge is 0.399 e. The van der Waals surface area contributed by atoms with Crippen LogP contribution in [-0.4, -0.2) is 25.5 Å². The minimum absolute atomic E-state index is 0.00576. The van der Waals surface area contributed by atoms with Gasteiger partial charge in [0, 0.05) is 23.2 Å². The number of nitrogen functional groups attached to an aromatic ring is 1. The zero-order valence-electron chi connectivity index (χ0n) is 10.3. The van der Waals surface area contributed by atoms with Crippen LogP contribution >= 0.6 is 15.9 Å². The lowest BCUT2D eigenvalue weighted by molar-refractivity contribution is -0.120. The van der Waals surface area contributed by atoms with Crippen molar-refractivity contribution in [3.8, 4) is 0 Å². The van der Waals surface area contributed by atoms with Gasteiger partial charge in [0.2, 0.25) is 5.91 Å². The van der Waals surface area contributed by atoms with E-state index in [1.54, 1.807) is 0 Å². The smallest absolute Gasteiger partial charge is 0.239 e. The van der Waals surface area contributed by atoms with E-state index in [0.717, 1.165) is 10.2 Å². The molecular weight excluding hydrogens is 282 g/mol. The van der Waals surface area contributed by atoms with Crippen molar-refractivity contribution < 1.29 is 4.79 Å². The van der Waals surface area contributed by atoms with Gasteiger partial charge >= 0.3 is 0 Å². The van der Waals surface area contributed by atoms with Gasteiger partial charge in [0.25, 0.3) is 0 Å². The number of carbonyl (C=O) groups is 1. The van der Waals surface area contributed by atoms with Crippen LogP contribution in [0.2, 0.25) is 0 Å². The maximum absolute atomic E-state index is 11.6. The lowest BCUT2D eigenvalue weighted by Crippen LogP contribution is -2.38. The molecule has 0 radical (unpaired) electrons. The molecule has 0 fully saturated rings. The summed E-state index contributed by atoms with van der Waals surface area (Å²) in [7, 11) is 1.87. The predicted molar refractivity (Wildman–Crippen MR) is 75.1 cm³/mol. The maximum Gasteiger partial charge on any atom is 0.239 e. The number of halogens is 1. The maximum atomic E-state index is 11.6. The summed E-state index contributed by atoms with van der Waals surface area (Å²) in [5, 5.41) is 2.85. The number of nitrogens with zero attached hydrogens (tertiary/aromatic N) is 1. The topological polar surface area (TPSA) is 58.4 Å². The molecule has 3 N–H and O–H groups in total. The van der Waals surface area contributed by atoms with Crippen molar-refractivity contribution in [3.05, 3.63) is 22.7 Å². The molecule has 1 amide bonds. The van der Waals surface area contributed by atoms with Gasteiger partial charge in [-0.15, -0.1) is 0 Å². The fourth-order valence-corrected chi connectivity index (χ4v) is 2.20. The third kappa shape index (κ3) is 4.26. The van der Waals surface area contributed by atoms with Gasteiger partial charge in [0.15, 0.2) is 0 Å². The number of amides is 1. The van der Waals surface area contributed by atoms with Crippen LogP contribution in [0.4, 0.5) is 11.4 Å². The first-order valence-electron chi connectivity index (χ1n) is 5.45. The Morgan fingerprint density at radius 2 is 2.18 bits per heavy atom. The number of likely N-dealkylation sites (N-methyl/N-ethyl adjacent to an activating group) is 1. The zero-order chi connectivity index (χ0) is 13.0. The Morgan fingerprint density at radius 1 is 1.53 bits per heavy atom. The monoisotopic (exact) mass is 299 g/mol. The van der Waals surface area contributed by atoms with Crippen LogP contribution in [0, 0.1) is 0 Å². The van der Waals surface area contributed by atoms with Gasteiger partial charge in [0.1, 0.15) is 0 Å². The van der Waals surface area contributed by atoms with Gasteiger partial charge in [-0.05, 0) is 48.0 Å². The molecule has 0 aromatic heterocycles. The minimum atomic E-state index is 0.00576. The van der Waals surface area contributed by atoms with Crippen LogP contribution < -0.4 is 16.0 Å². The van der Waals surface area contributed by atoms with E-state index >= 15 is 0 Å². The fourth-order valence-electron chi connectivity index (χ4n) is 1.50. The summed E-state index contributed by atoms with van der Waals surface area (Å²) in [5.41, 5.74) is 7.30. The van der Waals surface area contributed by atoms with Crippen molar-refractivity contribution in [2.75, 3.05) is 24.2 Å². The second-order valence-electron chi connectivity index (χ2n) is 4.29. The van der Waals surface area contributed by atoms with E-state index < -0.39 is 0 Å². The second-order valence-corrected chi connectivity index (χ2v) is 5.14. The van der Waals surface area contributed by atoms with E-state index in [0.29, 0.717) is 12.2 Å². The van der Waals surface area contributed by atoms with Crippen molar-refractivity contribution in [3.63, 3.8) is 0 Å². The minimum Gasteiger partial charge on any atom is -0.399 e. The Morgan fingerprint density at radius 3 is 2.71 bits per heavy atom. The van der Waals surface area contributed by atoms with E-state index in [1.807, 2.05) is 44.0 Å². The van der Waals surface area contributed by atoms with Crippen LogP contribution in [-0.2, 0) is 4.79 Å². The van der Waals surface area contributed by atoms with E-state index in [9.17, 15) is 4.79 Å². The van der Waals surface area contributed by atoms with Crippen LogP contribution in [0.3, 0.4) is 0 Å². The van der Waals surface area contributed by atoms with Crippen LogP contribution in [0.25, 0.3) is 0 Å². The first-order chi connectivity index (χ1) is 7.90. The van der Waals surface area contributed by atoms with Gasteiger partial charge in [-0.1, -0.05) is 0 Å². The summed E-state index contributed by atoms with van der Waals surface area (Å²) in [6.45, 7) is 4.20. The molecule has 94 valence electrons. The van der Waals surface area contributed by atoms with Crippen molar-refractivity contribution in [1.29, 1.82) is 0 Å². The summed E-state index contributed by atoms with van der Waals surface area (Å²) >= 11 is 3.44. The molecule has 5 heteroatoms. The molecule has 0 saturated carbocycles. The number of anilines is 2. The third-order valence-electron chi connectivity index (χ3n) is 2.21. The molecule has 0 heterocycles. The highest BCUT2D eigenvalue weighted by Gasteiger charge is 2.10. The summed E-state index contributed by atoms with van der Waals surface area (Å²) < 4.78 is 0.886. The zero-order valence-corrected chi connectivity index (χ0v) is 11.9. The highest BCUT2D eigenvalue weighted by molar-refractivity contribution is 9.10. The third-order valence-corrected chi connectivity index (χ3v) is 2.85. The number of benzene rings is 1. The summed E-state index contributed by atoms with van der Waals surface area (Å²) in [6.07, 6.45) is 0. The van der Waals surface area contributed by atoms with E-state index in [2.05, 4.69) is 21.2 Å². The number of carbonyl (C=O) groups excluding carboxylic acids is 1. The normalized spacial score (nSPS) is 10.4. The van der Waals surface area contributed by atoms with Gasteiger partial charge in [-0.25, -0.2) is 0 Å². The number of rotatable bonds is 4.